The van der Waals surface area contributed by atoms with Gasteiger partial charge in [0.05, 0.1) is 11.4 Å². The molecule has 0 aliphatic rings. The molecule has 2 aromatic rings. The topological polar surface area (TPSA) is 17.3 Å². The molecule has 0 radical (unpaired) electrons. The Labute approximate surface area is 177 Å². The van der Waals surface area contributed by atoms with Crippen LogP contribution in [0.4, 0.5) is 30.7 Å². The van der Waals surface area contributed by atoms with E-state index in [1.807, 2.05) is 0 Å². The predicted molar refractivity (Wildman–Crippen MR) is 105 cm³/mol. The summed E-state index contributed by atoms with van der Waals surface area (Å²) in [6.45, 7) is 5.20. The van der Waals surface area contributed by atoms with E-state index in [4.69, 9.17) is 0 Å². The molecule has 30 heavy (non-hydrogen) atoms. The number of unbranched alkanes of at least 4 members (excludes halogenated alkanes) is 1. The van der Waals surface area contributed by atoms with E-state index in [1.165, 1.54) is 35.0 Å². The van der Waals surface area contributed by atoms with Crippen LogP contribution in [0.15, 0.2) is 22.0 Å². The minimum absolute atomic E-state index is 0.0620. The fourth-order valence-electron chi connectivity index (χ4n) is 2.68. The van der Waals surface area contributed by atoms with Crippen molar-refractivity contribution in [2.24, 2.45) is 4.99 Å². The number of rotatable bonds is 7. The molecule has 1 heterocycles. The minimum atomic E-state index is -4.36. The normalized spacial score (nSPS) is 13.3. The molecule has 168 valence electrons. The summed E-state index contributed by atoms with van der Waals surface area (Å²) in [7, 11) is 0. The van der Waals surface area contributed by atoms with Gasteiger partial charge in [0.2, 0.25) is 0 Å². The van der Waals surface area contributed by atoms with Gasteiger partial charge < -0.3 is 0 Å². The van der Waals surface area contributed by atoms with Gasteiger partial charge in [0.15, 0.2) is 4.80 Å². The van der Waals surface area contributed by atoms with E-state index in [0.717, 1.165) is 4.88 Å². The van der Waals surface area contributed by atoms with Gasteiger partial charge >= 0.3 is 12.4 Å². The van der Waals surface area contributed by atoms with Crippen LogP contribution in [0.2, 0.25) is 0 Å². The van der Waals surface area contributed by atoms with E-state index in [-0.39, 0.29) is 25.1 Å². The van der Waals surface area contributed by atoms with Crippen molar-refractivity contribution in [2.45, 2.75) is 57.3 Å². The number of hydrogen-bond donors (Lipinski definition) is 0. The first kappa shape index (κ1) is 24.8. The van der Waals surface area contributed by atoms with Crippen LogP contribution in [0.3, 0.4) is 0 Å². The zero-order valence-electron chi connectivity index (χ0n) is 16.5. The first-order valence-corrected chi connectivity index (χ1v) is 10.8. The van der Waals surface area contributed by atoms with Gasteiger partial charge in [-0.3, -0.25) is 9.56 Å². The summed E-state index contributed by atoms with van der Waals surface area (Å²) in [6, 6.07) is 2.55. The van der Waals surface area contributed by atoms with Crippen LogP contribution >= 0.6 is 23.1 Å². The van der Waals surface area contributed by atoms with Crippen molar-refractivity contribution < 1.29 is 30.7 Å². The summed E-state index contributed by atoms with van der Waals surface area (Å²) in [5.41, 5.74) is 1.13. The lowest BCUT2D eigenvalue weighted by Crippen LogP contribution is -2.17. The highest BCUT2D eigenvalue weighted by Crippen LogP contribution is 2.32. The zero-order valence-corrected chi connectivity index (χ0v) is 18.2. The summed E-state index contributed by atoms with van der Waals surface area (Å²) < 4.78 is 90.8. The van der Waals surface area contributed by atoms with Gasteiger partial charge in [0.1, 0.15) is 5.82 Å². The fourth-order valence-corrected chi connectivity index (χ4v) is 4.48. The maximum atomic E-state index is 14.7. The van der Waals surface area contributed by atoms with Crippen LogP contribution in [0.1, 0.15) is 35.4 Å². The Morgan fingerprint density at radius 3 is 2.27 bits per heavy atom. The Kier molecular flexibility index (Phi) is 8.06. The Balaban J connectivity index is 2.35. The molecule has 0 aliphatic heterocycles. The molecule has 0 aliphatic carbocycles. The lowest BCUT2D eigenvalue weighted by atomic mass is 10.2. The molecule has 0 bridgehead atoms. The van der Waals surface area contributed by atoms with Gasteiger partial charge in [-0.25, -0.2) is 4.39 Å². The third-order valence-corrected chi connectivity index (χ3v) is 6.59. The first-order chi connectivity index (χ1) is 13.8. The number of thiazole rings is 1. The van der Waals surface area contributed by atoms with E-state index in [0.29, 0.717) is 32.7 Å². The summed E-state index contributed by atoms with van der Waals surface area (Å²) in [5.74, 6) is -1.70. The number of alkyl halides is 6. The monoisotopic (exact) mass is 474 g/mol. The summed E-state index contributed by atoms with van der Waals surface area (Å²) in [6.07, 6.45) is -9.31. The fraction of sp³-hybridized carbons (Fsp3) is 0.526. The molecular weight excluding hydrogens is 453 g/mol. The molecule has 11 heteroatoms. The number of thioether (sulfide) groups is 1. The summed E-state index contributed by atoms with van der Waals surface area (Å²) in [5, 5.41) is 0. The third kappa shape index (κ3) is 7.04. The molecule has 2 nitrogen and oxygen atoms in total. The van der Waals surface area contributed by atoms with E-state index >= 15 is 0 Å². The van der Waals surface area contributed by atoms with E-state index < -0.39 is 30.3 Å². The number of hydrogen-bond acceptors (Lipinski definition) is 3. The maximum absolute atomic E-state index is 14.7. The number of aryl methyl sites for hydroxylation is 2. The van der Waals surface area contributed by atoms with E-state index in [9.17, 15) is 30.7 Å². The average Bonchev–Trinajstić information content (AvgIpc) is 2.86. The van der Waals surface area contributed by atoms with Crippen molar-refractivity contribution in [1.82, 2.24) is 4.57 Å². The number of benzene rings is 1. The molecule has 0 atom stereocenters. The molecule has 0 amide bonds. The van der Waals surface area contributed by atoms with Crippen LogP contribution < -0.4 is 4.80 Å². The largest absolute Gasteiger partial charge is 0.398 e. The molecule has 0 unspecified atom stereocenters. The molecule has 0 spiro atoms. The van der Waals surface area contributed by atoms with Gasteiger partial charge in [0, 0.05) is 28.4 Å². The van der Waals surface area contributed by atoms with Crippen molar-refractivity contribution in [2.75, 3.05) is 12.3 Å². The van der Waals surface area contributed by atoms with Gasteiger partial charge in [-0.1, -0.05) is 0 Å². The van der Waals surface area contributed by atoms with Crippen molar-refractivity contribution >= 4 is 23.1 Å². The molecule has 0 saturated heterocycles. The highest BCUT2D eigenvalue weighted by atomic mass is 32.2. The predicted octanol–water partition coefficient (Wildman–Crippen LogP) is 6.89. The molecule has 0 saturated carbocycles. The second-order valence-electron chi connectivity index (χ2n) is 6.79. The van der Waals surface area contributed by atoms with Crippen LogP contribution in [0.25, 0.3) is 5.69 Å². The van der Waals surface area contributed by atoms with Crippen molar-refractivity contribution in [3.8, 4) is 5.69 Å². The lowest BCUT2D eigenvalue weighted by Gasteiger charge is -2.13. The van der Waals surface area contributed by atoms with Crippen molar-refractivity contribution in [3.05, 3.63) is 38.9 Å². The summed E-state index contributed by atoms with van der Waals surface area (Å²) in [4.78, 5) is 5.85. The van der Waals surface area contributed by atoms with Crippen LogP contribution in [-0.4, -0.2) is 29.2 Å². The third-order valence-electron chi connectivity index (χ3n) is 4.27. The Bertz CT molecular complexity index is 940. The Morgan fingerprint density at radius 1 is 1.00 bits per heavy atom. The molecule has 1 aromatic carbocycles. The zero-order chi connectivity index (χ0) is 22.7. The number of aromatic nitrogens is 1. The van der Waals surface area contributed by atoms with Crippen molar-refractivity contribution in [1.29, 1.82) is 0 Å². The highest BCUT2D eigenvalue weighted by molar-refractivity contribution is 7.99. The van der Waals surface area contributed by atoms with E-state index in [2.05, 4.69) is 4.99 Å². The maximum Gasteiger partial charge on any atom is 0.398 e. The SMILES string of the molecule is Cc1cc(F)c(-n2c(C)c(C)s/c2=N\CCCCC(F)(F)F)cc1SCC(F)(F)F. The van der Waals surface area contributed by atoms with Gasteiger partial charge in [-0.2, -0.15) is 26.3 Å². The Morgan fingerprint density at radius 2 is 1.67 bits per heavy atom. The minimum Gasteiger partial charge on any atom is -0.287 e. The molecule has 0 N–H and O–H groups in total. The van der Waals surface area contributed by atoms with Crippen LogP contribution in [0, 0.1) is 26.6 Å². The lowest BCUT2D eigenvalue weighted by molar-refractivity contribution is -0.135. The van der Waals surface area contributed by atoms with Crippen LogP contribution in [-0.2, 0) is 0 Å². The standard InChI is InChI=1S/C19H21F7N2S2/c1-11-8-14(20)15(9-16(11)29-10-19(24,25)26)28-12(2)13(3)30-17(28)27-7-5-4-6-18(21,22)23/h8-9H,4-7,10H2,1-3H3/b27-17-. The Hall–Kier alpha value is -1.49. The smallest absolute Gasteiger partial charge is 0.287 e. The highest BCUT2D eigenvalue weighted by Gasteiger charge is 2.28. The second kappa shape index (κ2) is 9.76. The van der Waals surface area contributed by atoms with Gasteiger partial charge in [-0.05, 0) is 51.3 Å². The van der Waals surface area contributed by atoms with Crippen LogP contribution in [0.5, 0.6) is 0 Å². The van der Waals surface area contributed by atoms with Gasteiger partial charge in [-0.15, -0.1) is 23.1 Å². The molecule has 2 rings (SSSR count). The summed E-state index contributed by atoms with van der Waals surface area (Å²) >= 11 is 1.83. The average molecular weight is 475 g/mol. The van der Waals surface area contributed by atoms with Crippen molar-refractivity contribution in [3.63, 3.8) is 0 Å². The molecular formula is C19H21F7N2S2. The molecule has 1 aromatic heterocycles. The first-order valence-electron chi connectivity index (χ1n) is 9.05. The number of halogens is 7. The second-order valence-corrected chi connectivity index (χ2v) is 8.99. The molecule has 0 fully saturated rings. The van der Waals surface area contributed by atoms with Gasteiger partial charge in [0.25, 0.3) is 0 Å². The van der Waals surface area contributed by atoms with E-state index in [1.54, 1.807) is 13.8 Å². The quantitative estimate of drug-likeness (QED) is 0.243. The number of nitrogens with zero attached hydrogens (tertiary/aromatic N) is 2.